The summed E-state index contributed by atoms with van der Waals surface area (Å²) in [5.74, 6) is 0.919. The maximum Gasteiger partial charge on any atom is 0.226 e. The molecule has 0 aliphatic carbocycles. The molecule has 88 valence electrons. The van der Waals surface area contributed by atoms with Crippen molar-refractivity contribution < 1.29 is 4.79 Å². The van der Waals surface area contributed by atoms with E-state index in [-0.39, 0.29) is 5.91 Å². The average molecular weight is 221 g/mol. The molecule has 16 heavy (non-hydrogen) atoms. The molecule has 0 aromatic carbocycles. The monoisotopic (exact) mass is 221 g/mol. The minimum atomic E-state index is 0.0892. The molecule has 0 atom stereocenters. The molecule has 0 saturated heterocycles. The van der Waals surface area contributed by atoms with Crippen LogP contribution < -0.4 is 10.2 Å². The van der Waals surface area contributed by atoms with E-state index in [1.807, 2.05) is 19.1 Å². The molecular formula is C12H19N3O. The smallest absolute Gasteiger partial charge is 0.226 e. The lowest BCUT2D eigenvalue weighted by molar-refractivity contribution is -0.118. The van der Waals surface area contributed by atoms with E-state index in [0.717, 1.165) is 11.5 Å². The van der Waals surface area contributed by atoms with Crippen LogP contribution in [0.5, 0.6) is 0 Å². The zero-order chi connectivity index (χ0) is 12.1. The summed E-state index contributed by atoms with van der Waals surface area (Å²) in [7, 11) is 1.76. The molecule has 1 amide bonds. The van der Waals surface area contributed by atoms with Gasteiger partial charge in [-0.2, -0.15) is 0 Å². The molecule has 1 aromatic rings. The highest BCUT2D eigenvalue weighted by molar-refractivity contribution is 5.92. The van der Waals surface area contributed by atoms with Gasteiger partial charge in [0.25, 0.3) is 0 Å². The third kappa shape index (κ3) is 3.22. The van der Waals surface area contributed by atoms with Crippen LogP contribution in [0.15, 0.2) is 18.3 Å². The van der Waals surface area contributed by atoms with E-state index in [4.69, 9.17) is 0 Å². The molecule has 1 aromatic heterocycles. The number of aromatic nitrogens is 1. The van der Waals surface area contributed by atoms with E-state index in [9.17, 15) is 4.79 Å². The number of hydrogen-bond donors (Lipinski definition) is 1. The van der Waals surface area contributed by atoms with Crippen molar-refractivity contribution in [1.82, 2.24) is 4.98 Å². The molecule has 1 rings (SSSR count). The first kappa shape index (κ1) is 12.5. The van der Waals surface area contributed by atoms with Crippen molar-refractivity contribution >= 4 is 17.4 Å². The van der Waals surface area contributed by atoms with Crippen LogP contribution in [0.4, 0.5) is 11.5 Å². The van der Waals surface area contributed by atoms with Crippen molar-refractivity contribution in [3.05, 3.63) is 18.3 Å². The van der Waals surface area contributed by atoms with Crippen molar-refractivity contribution in [2.24, 2.45) is 0 Å². The molecule has 4 nitrogen and oxygen atoms in total. The average Bonchev–Trinajstić information content (AvgIpc) is 2.27. The van der Waals surface area contributed by atoms with E-state index in [1.165, 1.54) is 0 Å². The van der Waals surface area contributed by atoms with E-state index in [2.05, 4.69) is 24.1 Å². The minimum absolute atomic E-state index is 0.0892. The topological polar surface area (TPSA) is 45.2 Å². The first-order valence-electron chi connectivity index (χ1n) is 5.53. The minimum Gasteiger partial charge on any atom is -0.368 e. The van der Waals surface area contributed by atoms with Gasteiger partial charge < -0.3 is 10.2 Å². The van der Waals surface area contributed by atoms with Gasteiger partial charge in [0.2, 0.25) is 5.91 Å². The lowest BCUT2D eigenvalue weighted by Crippen LogP contribution is -2.25. The van der Waals surface area contributed by atoms with Crippen molar-refractivity contribution in [3.8, 4) is 0 Å². The fourth-order valence-electron chi connectivity index (χ4n) is 1.35. The summed E-state index contributed by atoms with van der Waals surface area (Å²) < 4.78 is 0. The van der Waals surface area contributed by atoms with E-state index in [0.29, 0.717) is 12.5 Å². The van der Waals surface area contributed by atoms with Crippen LogP contribution in [0, 0.1) is 0 Å². The molecule has 0 radical (unpaired) electrons. The number of carbonyl (C=O) groups is 1. The van der Waals surface area contributed by atoms with Gasteiger partial charge in [0.05, 0.1) is 11.9 Å². The first-order chi connectivity index (χ1) is 7.54. The fourth-order valence-corrected chi connectivity index (χ4v) is 1.35. The molecule has 0 spiro atoms. The Bertz CT molecular complexity index is 346. The summed E-state index contributed by atoms with van der Waals surface area (Å²) >= 11 is 0. The van der Waals surface area contributed by atoms with Crippen LogP contribution in [0.25, 0.3) is 0 Å². The van der Waals surface area contributed by atoms with Gasteiger partial charge in [0.1, 0.15) is 5.82 Å². The molecule has 0 aliphatic rings. The number of hydrogen-bond acceptors (Lipinski definition) is 3. The largest absolute Gasteiger partial charge is 0.368 e. The Labute approximate surface area is 96.7 Å². The second kappa shape index (κ2) is 5.49. The van der Waals surface area contributed by atoms with Crippen LogP contribution in [-0.2, 0) is 4.79 Å². The van der Waals surface area contributed by atoms with Gasteiger partial charge in [-0.1, -0.05) is 6.92 Å². The highest BCUT2D eigenvalue weighted by Crippen LogP contribution is 2.14. The van der Waals surface area contributed by atoms with Gasteiger partial charge in [-0.3, -0.25) is 4.79 Å². The Morgan fingerprint density at radius 3 is 2.62 bits per heavy atom. The number of nitrogens with zero attached hydrogens (tertiary/aromatic N) is 2. The number of nitrogens with one attached hydrogen (secondary N) is 1. The van der Waals surface area contributed by atoms with Gasteiger partial charge in [0.15, 0.2) is 0 Å². The number of rotatable bonds is 4. The lowest BCUT2D eigenvalue weighted by atomic mass is 10.3. The van der Waals surface area contributed by atoms with E-state index < -0.39 is 0 Å². The molecule has 0 unspecified atom stereocenters. The third-order valence-electron chi connectivity index (χ3n) is 2.25. The predicted octanol–water partition coefficient (Wildman–Crippen LogP) is 2.27. The van der Waals surface area contributed by atoms with Crippen LogP contribution in [0.1, 0.15) is 27.2 Å². The zero-order valence-electron chi connectivity index (χ0n) is 10.3. The van der Waals surface area contributed by atoms with Gasteiger partial charge in [-0.15, -0.1) is 0 Å². The maximum atomic E-state index is 11.5. The second-order valence-corrected chi connectivity index (χ2v) is 4.01. The van der Waals surface area contributed by atoms with Crippen LogP contribution >= 0.6 is 0 Å². The number of pyridine rings is 1. The Morgan fingerprint density at radius 1 is 1.50 bits per heavy atom. The van der Waals surface area contributed by atoms with E-state index >= 15 is 0 Å². The quantitative estimate of drug-likeness (QED) is 0.848. The standard InChI is InChI=1S/C12H19N3O/c1-5-12(16)15(4)10-6-7-11(13-8-10)14-9(2)3/h6-9H,5H2,1-4H3,(H,13,14). The highest BCUT2D eigenvalue weighted by atomic mass is 16.2. The van der Waals surface area contributed by atoms with Crippen molar-refractivity contribution in [3.63, 3.8) is 0 Å². The first-order valence-corrected chi connectivity index (χ1v) is 5.53. The van der Waals surface area contributed by atoms with Crippen LogP contribution in [0.3, 0.4) is 0 Å². The summed E-state index contributed by atoms with van der Waals surface area (Å²) in [5.41, 5.74) is 0.821. The molecule has 0 bridgehead atoms. The van der Waals surface area contributed by atoms with Crippen molar-refractivity contribution in [1.29, 1.82) is 0 Å². The van der Waals surface area contributed by atoms with Gasteiger partial charge in [-0.25, -0.2) is 4.98 Å². The molecule has 0 fully saturated rings. The molecule has 0 saturated carbocycles. The summed E-state index contributed by atoms with van der Waals surface area (Å²) in [4.78, 5) is 17.3. The Kier molecular flexibility index (Phi) is 4.28. The Balaban J connectivity index is 2.74. The molecular weight excluding hydrogens is 202 g/mol. The highest BCUT2D eigenvalue weighted by Gasteiger charge is 2.08. The molecule has 1 N–H and O–H groups in total. The summed E-state index contributed by atoms with van der Waals surface area (Å²) in [6, 6.07) is 4.13. The van der Waals surface area contributed by atoms with Crippen LogP contribution in [0.2, 0.25) is 0 Å². The Morgan fingerprint density at radius 2 is 2.19 bits per heavy atom. The number of carbonyl (C=O) groups excluding carboxylic acids is 1. The predicted molar refractivity (Wildman–Crippen MR) is 66.7 cm³/mol. The fraction of sp³-hybridized carbons (Fsp3) is 0.500. The number of anilines is 2. The summed E-state index contributed by atoms with van der Waals surface area (Å²) in [6.07, 6.45) is 2.21. The normalized spacial score (nSPS) is 10.3. The van der Waals surface area contributed by atoms with Gasteiger partial charge >= 0.3 is 0 Å². The zero-order valence-corrected chi connectivity index (χ0v) is 10.3. The number of amides is 1. The van der Waals surface area contributed by atoms with Crippen LogP contribution in [-0.4, -0.2) is 24.0 Å². The van der Waals surface area contributed by atoms with Gasteiger partial charge in [-0.05, 0) is 26.0 Å². The van der Waals surface area contributed by atoms with Crippen molar-refractivity contribution in [2.45, 2.75) is 33.2 Å². The SMILES string of the molecule is CCC(=O)N(C)c1ccc(NC(C)C)nc1. The summed E-state index contributed by atoms with van der Waals surface area (Å²) in [6.45, 7) is 5.96. The lowest BCUT2D eigenvalue weighted by Gasteiger charge is -2.16. The molecule has 4 heteroatoms. The molecule has 0 aliphatic heterocycles. The third-order valence-corrected chi connectivity index (χ3v) is 2.25. The molecule has 1 heterocycles. The second-order valence-electron chi connectivity index (χ2n) is 4.01. The van der Waals surface area contributed by atoms with Crippen molar-refractivity contribution in [2.75, 3.05) is 17.3 Å². The Hall–Kier alpha value is -1.58. The van der Waals surface area contributed by atoms with E-state index in [1.54, 1.807) is 18.1 Å². The summed E-state index contributed by atoms with van der Waals surface area (Å²) in [5, 5.41) is 3.20. The maximum absolute atomic E-state index is 11.5. The van der Waals surface area contributed by atoms with Gasteiger partial charge in [0, 0.05) is 19.5 Å².